The highest BCUT2D eigenvalue weighted by Crippen LogP contribution is 2.37. The van der Waals surface area contributed by atoms with Gasteiger partial charge in [-0.25, -0.2) is 9.79 Å². The van der Waals surface area contributed by atoms with Crippen molar-refractivity contribution < 1.29 is 28.5 Å². The Morgan fingerprint density at radius 2 is 1.82 bits per heavy atom. The first kappa shape index (κ1) is 29.7. The third-order valence-electron chi connectivity index (χ3n) is 6.14. The van der Waals surface area contributed by atoms with E-state index < -0.39 is 12.0 Å². The van der Waals surface area contributed by atoms with Gasteiger partial charge in [0.05, 0.1) is 59.5 Å². The van der Waals surface area contributed by atoms with Crippen LogP contribution in [-0.4, -0.2) is 44.6 Å². The SMILES string of the molecule is CCOC(=O)C1=C(C)N=c2s/c(=C\c3cc(I)c(OC)c(OC)c3)c(=O)n2[C@@H]1c1ccc(OC(C)C)c(OC)c1. The van der Waals surface area contributed by atoms with E-state index in [9.17, 15) is 9.59 Å². The van der Waals surface area contributed by atoms with E-state index in [1.54, 1.807) is 58.0 Å². The fourth-order valence-electron chi connectivity index (χ4n) is 4.49. The fraction of sp³-hybridized carbons (Fsp3) is 0.345. The molecule has 0 aliphatic carbocycles. The van der Waals surface area contributed by atoms with Crippen LogP contribution in [0.5, 0.6) is 23.0 Å². The molecule has 0 saturated carbocycles. The van der Waals surface area contributed by atoms with E-state index in [1.165, 1.54) is 11.3 Å². The Hall–Kier alpha value is -3.32. The molecule has 4 rings (SSSR count). The lowest BCUT2D eigenvalue weighted by Crippen LogP contribution is -2.40. The van der Waals surface area contributed by atoms with Gasteiger partial charge in [-0.3, -0.25) is 9.36 Å². The molecule has 2 heterocycles. The van der Waals surface area contributed by atoms with Gasteiger partial charge in [0.2, 0.25) is 0 Å². The average molecular weight is 679 g/mol. The molecule has 1 aromatic heterocycles. The lowest BCUT2D eigenvalue weighted by Gasteiger charge is -2.25. The summed E-state index contributed by atoms with van der Waals surface area (Å²) in [6.07, 6.45) is 1.73. The molecule has 0 spiro atoms. The Morgan fingerprint density at radius 3 is 2.45 bits per heavy atom. The van der Waals surface area contributed by atoms with Gasteiger partial charge in [-0.1, -0.05) is 17.4 Å². The molecule has 9 nitrogen and oxygen atoms in total. The first-order valence-corrected chi connectivity index (χ1v) is 14.5. The van der Waals surface area contributed by atoms with E-state index >= 15 is 0 Å². The van der Waals surface area contributed by atoms with E-state index in [1.807, 2.05) is 32.0 Å². The summed E-state index contributed by atoms with van der Waals surface area (Å²) >= 11 is 3.42. The number of hydrogen-bond donors (Lipinski definition) is 0. The van der Waals surface area contributed by atoms with Gasteiger partial charge in [-0.05, 0) is 91.8 Å². The molecule has 40 heavy (non-hydrogen) atoms. The minimum Gasteiger partial charge on any atom is -0.493 e. The first-order chi connectivity index (χ1) is 19.1. The van der Waals surface area contributed by atoms with Crippen molar-refractivity contribution in [2.24, 2.45) is 4.99 Å². The molecule has 1 aliphatic heterocycles. The summed E-state index contributed by atoms with van der Waals surface area (Å²) in [6.45, 7) is 7.53. The number of esters is 1. The van der Waals surface area contributed by atoms with Gasteiger partial charge < -0.3 is 23.7 Å². The molecule has 0 saturated heterocycles. The second kappa shape index (κ2) is 12.5. The fourth-order valence-corrected chi connectivity index (χ4v) is 6.38. The van der Waals surface area contributed by atoms with Gasteiger partial charge >= 0.3 is 5.97 Å². The molecule has 0 radical (unpaired) electrons. The number of aromatic nitrogens is 1. The van der Waals surface area contributed by atoms with Crippen molar-refractivity contribution in [1.29, 1.82) is 0 Å². The highest BCUT2D eigenvalue weighted by molar-refractivity contribution is 14.1. The lowest BCUT2D eigenvalue weighted by atomic mass is 9.95. The Bertz CT molecular complexity index is 1660. The van der Waals surface area contributed by atoms with Crippen molar-refractivity contribution in [3.8, 4) is 23.0 Å². The molecular formula is C29H31IN2O7S. The first-order valence-electron chi connectivity index (χ1n) is 12.6. The number of rotatable bonds is 9. The van der Waals surface area contributed by atoms with Crippen LogP contribution in [-0.2, 0) is 9.53 Å². The van der Waals surface area contributed by atoms with E-state index in [4.69, 9.17) is 23.7 Å². The monoisotopic (exact) mass is 678 g/mol. The number of benzene rings is 2. The molecule has 0 bridgehead atoms. The number of thiazole rings is 1. The summed E-state index contributed by atoms with van der Waals surface area (Å²) in [4.78, 5) is 32.3. The van der Waals surface area contributed by atoms with Crippen LogP contribution in [0.25, 0.3) is 6.08 Å². The Balaban J connectivity index is 1.95. The summed E-state index contributed by atoms with van der Waals surface area (Å²) in [5.74, 6) is 1.71. The topological polar surface area (TPSA) is 97.6 Å². The van der Waals surface area contributed by atoms with Gasteiger partial charge in [0.25, 0.3) is 5.56 Å². The van der Waals surface area contributed by atoms with Crippen molar-refractivity contribution in [3.63, 3.8) is 0 Å². The van der Waals surface area contributed by atoms with Crippen LogP contribution in [0.2, 0.25) is 0 Å². The maximum atomic E-state index is 14.0. The van der Waals surface area contributed by atoms with Crippen molar-refractivity contribution >= 4 is 46.0 Å². The second-order valence-electron chi connectivity index (χ2n) is 9.12. The number of nitrogens with zero attached hydrogens (tertiary/aromatic N) is 2. The van der Waals surface area contributed by atoms with E-state index in [-0.39, 0.29) is 18.3 Å². The number of allylic oxidation sites excluding steroid dienone is 1. The standard InChI is InChI=1S/C29H31IN2O7S/c1-8-38-28(34)24-16(4)31-29-32(25(24)18-9-10-20(39-15(2)3)21(14-18)35-5)27(33)23(40-29)13-17-11-19(30)26(37-7)22(12-17)36-6/h9-15,25H,8H2,1-7H3/b23-13-/t25-/m1/s1. The molecule has 0 fully saturated rings. The molecule has 2 aromatic carbocycles. The quantitative estimate of drug-likeness (QED) is 0.247. The van der Waals surface area contributed by atoms with E-state index in [0.29, 0.717) is 49.2 Å². The number of ether oxygens (including phenoxy) is 5. The summed E-state index contributed by atoms with van der Waals surface area (Å²) in [5, 5.41) is 0. The van der Waals surface area contributed by atoms with Crippen LogP contribution < -0.4 is 33.8 Å². The van der Waals surface area contributed by atoms with Crippen molar-refractivity contribution in [1.82, 2.24) is 4.57 Å². The van der Waals surface area contributed by atoms with Crippen LogP contribution in [0.3, 0.4) is 0 Å². The maximum Gasteiger partial charge on any atom is 0.338 e. The molecule has 212 valence electrons. The zero-order chi connectivity index (χ0) is 29.1. The van der Waals surface area contributed by atoms with Crippen LogP contribution >= 0.6 is 33.9 Å². The molecule has 0 unspecified atom stereocenters. The number of fused-ring (bicyclic) bond motifs is 1. The van der Waals surface area contributed by atoms with Gasteiger partial charge in [-0.2, -0.15) is 0 Å². The third kappa shape index (κ3) is 5.75. The second-order valence-corrected chi connectivity index (χ2v) is 11.3. The zero-order valence-electron chi connectivity index (χ0n) is 23.4. The summed E-state index contributed by atoms with van der Waals surface area (Å²) < 4.78 is 30.7. The normalized spacial score (nSPS) is 15.0. The van der Waals surface area contributed by atoms with Gasteiger partial charge in [0.15, 0.2) is 27.8 Å². The number of halogens is 1. The minimum absolute atomic E-state index is 0.0608. The molecule has 0 amide bonds. The van der Waals surface area contributed by atoms with E-state index in [0.717, 1.165) is 9.13 Å². The molecule has 11 heteroatoms. The third-order valence-corrected chi connectivity index (χ3v) is 7.92. The molecule has 1 aliphatic rings. The summed E-state index contributed by atoms with van der Waals surface area (Å²) in [6, 6.07) is 8.35. The number of methoxy groups -OCH3 is 3. The minimum atomic E-state index is -0.773. The lowest BCUT2D eigenvalue weighted by molar-refractivity contribution is -0.139. The van der Waals surface area contributed by atoms with E-state index in [2.05, 4.69) is 27.6 Å². The largest absolute Gasteiger partial charge is 0.493 e. The zero-order valence-corrected chi connectivity index (χ0v) is 26.3. The summed E-state index contributed by atoms with van der Waals surface area (Å²) in [7, 11) is 4.70. The Labute approximate surface area is 249 Å². The average Bonchev–Trinajstić information content (AvgIpc) is 3.21. The molecule has 3 aromatic rings. The van der Waals surface area contributed by atoms with Crippen LogP contribution in [0.1, 0.15) is 44.9 Å². The predicted octanol–water partition coefficient (Wildman–Crippen LogP) is 4.22. The van der Waals surface area contributed by atoms with Gasteiger partial charge in [-0.15, -0.1) is 0 Å². The molecule has 0 N–H and O–H groups in total. The highest BCUT2D eigenvalue weighted by atomic mass is 127. The van der Waals surface area contributed by atoms with Crippen LogP contribution in [0.15, 0.2) is 51.4 Å². The summed E-state index contributed by atoms with van der Waals surface area (Å²) in [5.41, 5.74) is 1.93. The predicted molar refractivity (Wildman–Crippen MR) is 161 cm³/mol. The van der Waals surface area contributed by atoms with Crippen molar-refractivity contribution in [3.05, 3.63) is 76.0 Å². The van der Waals surface area contributed by atoms with Gasteiger partial charge in [0, 0.05) is 0 Å². The number of hydrogen-bond acceptors (Lipinski definition) is 9. The Morgan fingerprint density at radius 1 is 1.10 bits per heavy atom. The number of carbonyl (C=O) groups excluding carboxylic acids is 1. The Kier molecular flexibility index (Phi) is 9.24. The van der Waals surface area contributed by atoms with Crippen LogP contribution in [0, 0.1) is 3.57 Å². The number of carbonyl (C=O) groups is 1. The van der Waals surface area contributed by atoms with Crippen molar-refractivity contribution in [2.45, 2.75) is 39.8 Å². The smallest absolute Gasteiger partial charge is 0.338 e. The molecular weight excluding hydrogens is 647 g/mol. The van der Waals surface area contributed by atoms with Crippen LogP contribution in [0.4, 0.5) is 0 Å². The van der Waals surface area contributed by atoms with Gasteiger partial charge in [0.1, 0.15) is 0 Å². The maximum absolute atomic E-state index is 14.0. The highest BCUT2D eigenvalue weighted by Gasteiger charge is 2.34. The van der Waals surface area contributed by atoms with Crippen molar-refractivity contribution in [2.75, 3.05) is 27.9 Å². The molecule has 1 atom stereocenters.